The number of nitrogens with one attached hydrogen (secondary N) is 1. The Morgan fingerprint density at radius 3 is 2.44 bits per heavy atom. The van der Waals surface area contributed by atoms with E-state index in [0.717, 1.165) is 12.0 Å². The van der Waals surface area contributed by atoms with Gasteiger partial charge in [0.2, 0.25) is 0 Å². The molecule has 0 aliphatic carbocycles. The lowest BCUT2D eigenvalue weighted by atomic mass is 9.83. The fourth-order valence-electron chi connectivity index (χ4n) is 3.83. The molecule has 4 heterocycles. The van der Waals surface area contributed by atoms with Crippen LogP contribution in [0.25, 0.3) is 0 Å². The summed E-state index contributed by atoms with van der Waals surface area (Å²) in [5, 5.41) is 3.43. The third kappa shape index (κ3) is 2.87. The third-order valence-electron chi connectivity index (χ3n) is 5.17. The maximum Gasteiger partial charge on any atom is 0.0249 e. The lowest BCUT2D eigenvalue weighted by molar-refractivity contribution is 0.0130. The first-order valence-electron chi connectivity index (χ1n) is 7.68. The number of nitrogens with zero attached hydrogens (tertiary/aromatic N) is 3. The van der Waals surface area contributed by atoms with Gasteiger partial charge in [0.25, 0.3) is 0 Å². The van der Waals surface area contributed by atoms with E-state index in [1.807, 2.05) is 0 Å². The number of hydrogen-bond donors (Lipinski definition) is 1. The molecule has 1 unspecified atom stereocenters. The highest BCUT2D eigenvalue weighted by Gasteiger charge is 2.36. The number of fused-ring (bicyclic) bond motifs is 3. The predicted octanol–water partition coefficient (Wildman–Crippen LogP) is -0.0824. The second-order valence-corrected chi connectivity index (χ2v) is 6.28. The minimum Gasteiger partial charge on any atom is -0.314 e. The van der Waals surface area contributed by atoms with Crippen molar-refractivity contribution in [3.8, 4) is 0 Å². The quantitative estimate of drug-likeness (QED) is 0.755. The number of piperazine rings is 1. The first-order valence-corrected chi connectivity index (χ1v) is 7.68. The summed E-state index contributed by atoms with van der Waals surface area (Å²) in [7, 11) is 2.34. The fraction of sp³-hybridized carbons (Fsp3) is 1.00. The Balaban J connectivity index is 1.44. The molecule has 0 radical (unpaired) electrons. The lowest BCUT2D eigenvalue weighted by Crippen LogP contribution is -2.57. The fourth-order valence-corrected chi connectivity index (χ4v) is 3.83. The van der Waals surface area contributed by atoms with Crippen LogP contribution in [0.15, 0.2) is 0 Å². The predicted molar refractivity (Wildman–Crippen MR) is 74.9 cm³/mol. The first kappa shape index (κ1) is 12.9. The molecule has 4 saturated heterocycles. The van der Waals surface area contributed by atoms with Crippen molar-refractivity contribution in [3.63, 3.8) is 0 Å². The molecule has 4 heteroatoms. The van der Waals surface area contributed by atoms with E-state index >= 15 is 0 Å². The van der Waals surface area contributed by atoms with Crippen LogP contribution in [0.5, 0.6) is 0 Å². The van der Waals surface area contributed by atoms with Gasteiger partial charge < -0.3 is 15.1 Å². The van der Waals surface area contributed by atoms with Crippen LogP contribution < -0.4 is 5.32 Å². The smallest absolute Gasteiger partial charge is 0.0249 e. The molecule has 104 valence electrons. The Bertz CT molecular complexity index is 257. The summed E-state index contributed by atoms with van der Waals surface area (Å²) in [6.07, 6.45) is 2.87. The molecule has 4 fully saturated rings. The van der Waals surface area contributed by atoms with Crippen LogP contribution in [-0.2, 0) is 0 Å². The zero-order valence-corrected chi connectivity index (χ0v) is 11.8. The van der Waals surface area contributed by atoms with Crippen molar-refractivity contribution in [1.82, 2.24) is 20.0 Å². The van der Waals surface area contributed by atoms with Crippen molar-refractivity contribution < 1.29 is 0 Å². The van der Waals surface area contributed by atoms with Crippen molar-refractivity contribution >= 4 is 0 Å². The molecule has 0 aromatic heterocycles. The van der Waals surface area contributed by atoms with Gasteiger partial charge in [-0.2, -0.15) is 0 Å². The van der Waals surface area contributed by atoms with E-state index in [2.05, 4.69) is 27.1 Å². The monoisotopic (exact) mass is 252 g/mol. The summed E-state index contributed by atoms with van der Waals surface area (Å²) < 4.78 is 0. The molecule has 0 aromatic carbocycles. The normalized spacial score (nSPS) is 37.3. The van der Waals surface area contributed by atoms with Crippen LogP contribution in [0.1, 0.15) is 12.8 Å². The highest BCUT2D eigenvalue weighted by atomic mass is 15.3. The van der Waals surface area contributed by atoms with Crippen molar-refractivity contribution in [2.45, 2.75) is 18.9 Å². The van der Waals surface area contributed by atoms with E-state index in [1.165, 1.54) is 71.7 Å². The molecular weight excluding hydrogens is 224 g/mol. The van der Waals surface area contributed by atoms with Crippen LogP contribution in [0.2, 0.25) is 0 Å². The molecule has 2 bridgehead atoms. The maximum absolute atomic E-state index is 3.43. The molecule has 0 amide bonds. The van der Waals surface area contributed by atoms with Crippen molar-refractivity contribution in [2.24, 2.45) is 5.92 Å². The molecule has 18 heavy (non-hydrogen) atoms. The Morgan fingerprint density at radius 1 is 1.11 bits per heavy atom. The number of rotatable bonds is 4. The van der Waals surface area contributed by atoms with Crippen molar-refractivity contribution in [1.29, 1.82) is 0 Å². The van der Waals surface area contributed by atoms with Crippen LogP contribution in [0, 0.1) is 5.92 Å². The van der Waals surface area contributed by atoms with E-state index in [0.29, 0.717) is 0 Å². The van der Waals surface area contributed by atoms with Crippen LogP contribution in [0.4, 0.5) is 0 Å². The van der Waals surface area contributed by atoms with Crippen LogP contribution >= 0.6 is 0 Å². The Kier molecular flexibility index (Phi) is 4.19. The van der Waals surface area contributed by atoms with Gasteiger partial charge in [-0.15, -0.1) is 0 Å². The summed E-state index contributed by atoms with van der Waals surface area (Å²) >= 11 is 0. The summed E-state index contributed by atoms with van der Waals surface area (Å²) in [6.45, 7) is 11.3. The van der Waals surface area contributed by atoms with Gasteiger partial charge in [0.1, 0.15) is 0 Å². The van der Waals surface area contributed by atoms with E-state index in [-0.39, 0.29) is 0 Å². The Hall–Kier alpha value is -0.160. The van der Waals surface area contributed by atoms with Crippen LogP contribution in [0.3, 0.4) is 0 Å². The molecule has 1 atom stereocenters. The lowest BCUT2D eigenvalue weighted by Gasteiger charge is -2.48. The van der Waals surface area contributed by atoms with Gasteiger partial charge in [-0.1, -0.05) is 0 Å². The van der Waals surface area contributed by atoms with E-state index in [9.17, 15) is 0 Å². The topological polar surface area (TPSA) is 21.8 Å². The first-order chi connectivity index (χ1) is 8.83. The van der Waals surface area contributed by atoms with Gasteiger partial charge in [-0.05, 0) is 38.9 Å². The Labute approximate surface area is 111 Å². The van der Waals surface area contributed by atoms with E-state index in [4.69, 9.17) is 0 Å². The van der Waals surface area contributed by atoms with Gasteiger partial charge in [-0.3, -0.25) is 4.90 Å². The highest BCUT2D eigenvalue weighted by molar-refractivity contribution is 4.91. The minimum absolute atomic E-state index is 0.829. The molecule has 0 saturated carbocycles. The van der Waals surface area contributed by atoms with Crippen molar-refractivity contribution in [2.75, 3.05) is 66.0 Å². The molecule has 4 rings (SSSR count). The second-order valence-electron chi connectivity index (χ2n) is 6.28. The molecule has 1 N–H and O–H groups in total. The zero-order chi connectivity index (χ0) is 12.4. The molecule has 4 aliphatic rings. The van der Waals surface area contributed by atoms with Gasteiger partial charge in [-0.25, -0.2) is 0 Å². The summed E-state index contributed by atoms with van der Waals surface area (Å²) in [5.41, 5.74) is 0. The van der Waals surface area contributed by atoms with Gasteiger partial charge in [0.15, 0.2) is 0 Å². The molecular formula is C14H28N4. The maximum atomic E-state index is 3.43. The second kappa shape index (κ2) is 5.87. The summed E-state index contributed by atoms with van der Waals surface area (Å²) in [6, 6.07) is 0.829. The third-order valence-corrected chi connectivity index (χ3v) is 5.17. The largest absolute Gasteiger partial charge is 0.314 e. The van der Waals surface area contributed by atoms with Crippen LogP contribution in [-0.4, -0.2) is 86.7 Å². The summed E-state index contributed by atoms with van der Waals surface area (Å²) in [5.74, 6) is 0.975. The van der Waals surface area contributed by atoms with Gasteiger partial charge in [0.05, 0.1) is 0 Å². The zero-order valence-electron chi connectivity index (χ0n) is 11.8. The summed E-state index contributed by atoms with van der Waals surface area (Å²) in [4.78, 5) is 7.90. The Morgan fingerprint density at radius 2 is 1.83 bits per heavy atom. The van der Waals surface area contributed by atoms with E-state index in [1.54, 1.807) is 0 Å². The average molecular weight is 252 g/mol. The molecule has 4 nitrogen and oxygen atoms in total. The standard InChI is InChI=1S/C14H28N4/c1-16(10-11-17-8-4-15-5-9-17)14-12-18-6-2-13(14)3-7-18/h13-15H,2-12H2,1H3. The average Bonchev–Trinajstić information content (AvgIpc) is 2.47. The van der Waals surface area contributed by atoms with E-state index < -0.39 is 0 Å². The molecule has 4 aliphatic heterocycles. The number of likely N-dealkylation sites (N-methyl/N-ethyl adjacent to an activating group) is 1. The SMILES string of the molecule is CN(CCN1CCNCC1)C1CN2CCC1CC2. The van der Waals surface area contributed by atoms with Gasteiger partial charge >= 0.3 is 0 Å². The molecule has 0 aromatic rings. The molecule has 0 spiro atoms. The van der Waals surface area contributed by atoms with Crippen molar-refractivity contribution in [3.05, 3.63) is 0 Å². The van der Waals surface area contributed by atoms with Gasteiger partial charge in [0, 0.05) is 51.9 Å². The number of piperidine rings is 3. The number of hydrogen-bond acceptors (Lipinski definition) is 4. The minimum atomic E-state index is 0.829. The highest BCUT2D eigenvalue weighted by Crippen LogP contribution is 2.30.